The van der Waals surface area contributed by atoms with Gasteiger partial charge in [-0.05, 0) is 83.5 Å². The Kier molecular flexibility index (Phi) is 9.70. The summed E-state index contributed by atoms with van der Waals surface area (Å²) in [6, 6.07) is 10.6. The van der Waals surface area contributed by atoms with Crippen molar-refractivity contribution in [2.24, 2.45) is 0 Å². The van der Waals surface area contributed by atoms with E-state index in [9.17, 15) is 9.59 Å². The molecule has 2 aromatic rings. The third-order valence-corrected chi connectivity index (χ3v) is 4.67. The van der Waals surface area contributed by atoms with Crippen LogP contribution in [-0.4, -0.2) is 43.9 Å². The fourth-order valence-electron chi connectivity index (χ4n) is 2.53. The first-order valence-corrected chi connectivity index (χ1v) is 10.5. The minimum atomic E-state index is -0.448. The van der Waals surface area contributed by atoms with Crippen LogP contribution in [0.15, 0.2) is 40.9 Å². The van der Waals surface area contributed by atoms with Crippen molar-refractivity contribution < 1.29 is 23.8 Å². The lowest BCUT2D eigenvalue weighted by molar-refractivity contribution is -0.123. The molecule has 0 spiro atoms. The fraction of sp³-hybridized carbons (Fsp3) is 0.286. The van der Waals surface area contributed by atoms with Crippen LogP contribution in [0.2, 0.25) is 0 Å². The molecule has 0 radical (unpaired) electrons. The van der Waals surface area contributed by atoms with Gasteiger partial charge < -0.3 is 14.2 Å². The average molecular weight is 510 g/mol. The summed E-state index contributed by atoms with van der Waals surface area (Å²) in [5, 5.41) is 2.43. The highest BCUT2D eigenvalue weighted by Gasteiger charge is 2.12. The lowest BCUT2D eigenvalue weighted by atomic mass is 10.1. The monoisotopic (exact) mass is 509 g/mol. The minimum absolute atomic E-state index is 0.0544. The number of amides is 2. The zero-order chi connectivity index (χ0) is 22.8. The third kappa shape index (κ3) is 8.52. The third-order valence-electron chi connectivity index (χ3n) is 3.85. The van der Waals surface area contributed by atoms with Crippen LogP contribution >= 0.6 is 28.1 Å². The van der Waals surface area contributed by atoms with Crippen LogP contribution in [0, 0.1) is 13.8 Å². The molecule has 10 heteroatoms. The molecule has 0 bridgehead atoms. The summed E-state index contributed by atoms with van der Waals surface area (Å²) in [5.41, 5.74) is 7.29. The molecule has 0 aliphatic carbocycles. The number of rotatable bonds is 8. The molecule has 0 aliphatic heterocycles. The molecule has 0 saturated carbocycles. The number of hydrogen-bond donors (Lipinski definition) is 3. The Bertz CT molecular complexity index is 934. The Morgan fingerprint density at radius 2 is 1.71 bits per heavy atom. The predicted molar refractivity (Wildman–Crippen MR) is 124 cm³/mol. The number of nitrogens with one attached hydrogen (secondary N) is 3. The van der Waals surface area contributed by atoms with E-state index in [0.717, 1.165) is 11.1 Å². The summed E-state index contributed by atoms with van der Waals surface area (Å²) in [5.74, 6) is 0.299. The van der Waals surface area contributed by atoms with Gasteiger partial charge in [-0.15, -0.1) is 0 Å². The van der Waals surface area contributed by atoms with Crippen molar-refractivity contribution in [2.45, 2.75) is 13.8 Å². The minimum Gasteiger partial charge on any atom is -0.490 e. The van der Waals surface area contributed by atoms with E-state index in [0.29, 0.717) is 34.7 Å². The maximum absolute atomic E-state index is 12.3. The van der Waals surface area contributed by atoms with Gasteiger partial charge in [0.05, 0.1) is 11.1 Å². The molecular weight excluding hydrogens is 486 g/mol. The van der Waals surface area contributed by atoms with Gasteiger partial charge in [0.2, 0.25) is 0 Å². The SMILES string of the molecule is COCCOc1ccc(C(=O)NC(=S)NNC(=O)COc2cc(C)cc(C)c2)cc1Br. The Morgan fingerprint density at radius 1 is 1.00 bits per heavy atom. The number of carbonyl (C=O) groups is 2. The summed E-state index contributed by atoms with van der Waals surface area (Å²) in [4.78, 5) is 24.3. The van der Waals surface area contributed by atoms with E-state index in [-0.39, 0.29) is 11.7 Å². The second-order valence-corrected chi connectivity index (χ2v) is 7.82. The van der Waals surface area contributed by atoms with E-state index in [4.69, 9.17) is 26.4 Å². The molecule has 0 unspecified atom stereocenters. The van der Waals surface area contributed by atoms with Gasteiger partial charge in [-0.3, -0.25) is 25.8 Å². The molecule has 2 aromatic carbocycles. The molecule has 0 aliphatic rings. The standard InChI is InChI=1S/C21H24BrN3O5S/c1-13-8-14(2)10-16(9-13)30-12-19(26)24-25-21(31)23-20(27)15-4-5-18(17(22)11-15)29-7-6-28-3/h4-5,8-11H,6-7,12H2,1-3H3,(H,24,26)(H2,23,25,27,31). The van der Waals surface area contributed by atoms with E-state index >= 15 is 0 Å². The van der Waals surface area contributed by atoms with Crippen LogP contribution in [0.3, 0.4) is 0 Å². The summed E-state index contributed by atoms with van der Waals surface area (Å²) < 4.78 is 16.5. The highest BCUT2D eigenvalue weighted by molar-refractivity contribution is 9.10. The highest BCUT2D eigenvalue weighted by atomic mass is 79.9. The summed E-state index contributed by atoms with van der Waals surface area (Å²) in [7, 11) is 1.59. The van der Waals surface area contributed by atoms with Crippen molar-refractivity contribution in [2.75, 3.05) is 26.9 Å². The molecule has 2 amide bonds. The molecule has 166 valence electrons. The Balaban J connectivity index is 1.77. The maximum atomic E-state index is 12.3. The molecule has 3 N–H and O–H groups in total. The molecule has 2 rings (SSSR count). The lowest BCUT2D eigenvalue weighted by Gasteiger charge is -2.13. The quantitative estimate of drug-likeness (QED) is 0.286. The van der Waals surface area contributed by atoms with E-state index in [1.54, 1.807) is 25.3 Å². The van der Waals surface area contributed by atoms with E-state index in [1.807, 2.05) is 32.0 Å². The molecule has 31 heavy (non-hydrogen) atoms. The second-order valence-electron chi connectivity index (χ2n) is 6.55. The lowest BCUT2D eigenvalue weighted by Crippen LogP contribution is -2.49. The molecule has 0 fully saturated rings. The number of carbonyl (C=O) groups excluding carboxylic acids is 2. The second kappa shape index (κ2) is 12.2. The van der Waals surface area contributed by atoms with Crippen LogP contribution in [0.25, 0.3) is 0 Å². The van der Waals surface area contributed by atoms with Crippen LogP contribution in [0.4, 0.5) is 0 Å². The number of ether oxygens (including phenoxy) is 3. The number of methoxy groups -OCH3 is 1. The first kappa shape index (κ1) is 24.6. The summed E-state index contributed by atoms with van der Waals surface area (Å²) in [6.45, 7) is 4.54. The Morgan fingerprint density at radius 3 is 2.35 bits per heavy atom. The average Bonchev–Trinajstić information content (AvgIpc) is 2.71. The van der Waals surface area contributed by atoms with E-state index < -0.39 is 11.8 Å². The van der Waals surface area contributed by atoms with Crippen LogP contribution < -0.4 is 25.6 Å². The van der Waals surface area contributed by atoms with Crippen LogP contribution in [0.5, 0.6) is 11.5 Å². The first-order chi connectivity index (χ1) is 14.8. The molecule has 0 atom stereocenters. The summed E-state index contributed by atoms with van der Waals surface area (Å²) >= 11 is 8.40. The van der Waals surface area contributed by atoms with Gasteiger partial charge >= 0.3 is 0 Å². The van der Waals surface area contributed by atoms with Gasteiger partial charge in [0.15, 0.2) is 11.7 Å². The van der Waals surface area contributed by atoms with Crippen molar-refractivity contribution in [3.05, 3.63) is 57.6 Å². The highest BCUT2D eigenvalue weighted by Crippen LogP contribution is 2.26. The predicted octanol–water partition coefficient (Wildman–Crippen LogP) is 2.81. The van der Waals surface area contributed by atoms with Crippen LogP contribution in [0.1, 0.15) is 21.5 Å². The number of hydrazine groups is 1. The molecule has 8 nitrogen and oxygen atoms in total. The largest absolute Gasteiger partial charge is 0.490 e. The van der Waals surface area contributed by atoms with Crippen molar-refractivity contribution in [1.29, 1.82) is 0 Å². The van der Waals surface area contributed by atoms with Gasteiger partial charge in [-0.1, -0.05) is 6.07 Å². The van der Waals surface area contributed by atoms with Gasteiger partial charge in [-0.2, -0.15) is 0 Å². The van der Waals surface area contributed by atoms with E-state index in [1.165, 1.54) is 0 Å². The number of hydrogen-bond acceptors (Lipinski definition) is 6. The van der Waals surface area contributed by atoms with Crippen molar-refractivity contribution >= 4 is 45.1 Å². The zero-order valence-corrected chi connectivity index (χ0v) is 19.8. The number of halogens is 1. The van der Waals surface area contributed by atoms with E-state index in [2.05, 4.69) is 32.1 Å². The normalized spacial score (nSPS) is 10.2. The van der Waals surface area contributed by atoms with Crippen molar-refractivity contribution in [3.63, 3.8) is 0 Å². The molecule has 0 heterocycles. The molecule has 0 saturated heterocycles. The smallest absolute Gasteiger partial charge is 0.276 e. The fourth-order valence-corrected chi connectivity index (χ4v) is 3.17. The van der Waals surface area contributed by atoms with Gasteiger partial charge in [-0.25, -0.2) is 0 Å². The topological polar surface area (TPSA) is 97.9 Å². The van der Waals surface area contributed by atoms with Crippen LogP contribution in [-0.2, 0) is 9.53 Å². The van der Waals surface area contributed by atoms with Crippen molar-refractivity contribution in [3.8, 4) is 11.5 Å². The molecular formula is C21H24BrN3O5S. The van der Waals surface area contributed by atoms with Crippen molar-refractivity contribution in [1.82, 2.24) is 16.2 Å². The molecule has 0 aromatic heterocycles. The zero-order valence-electron chi connectivity index (χ0n) is 17.4. The first-order valence-electron chi connectivity index (χ1n) is 9.31. The van der Waals surface area contributed by atoms with Gasteiger partial charge in [0.25, 0.3) is 11.8 Å². The Labute approximate surface area is 194 Å². The number of aryl methyl sites for hydroxylation is 2. The number of thiocarbonyl (C=S) groups is 1. The van der Waals surface area contributed by atoms with Gasteiger partial charge in [0.1, 0.15) is 18.1 Å². The maximum Gasteiger partial charge on any atom is 0.276 e. The number of benzene rings is 2. The Hall–Kier alpha value is -2.69. The van der Waals surface area contributed by atoms with Gasteiger partial charge in [0, 0.05) is 12.7 Å². The summed E-state index contributed by atoms with van der Waals surface area (Å²) in [6.07, 6.45) is 0.